The van der Waals surface area contributed by atoms with Crippen LogP contribution < -0.4 is 10.2 Å². The van der Waals surface area contributed by atoms with Crippen LogP contribution in [0.3, 0.4) is 0 Å². The van der Waals surface area contributed by atoms with Crippen molar-refractivity contribution < 1.29 is 9.84 Å². The van der Waals surface area contributed by atoms with Gasteiger partial charge in [0.05, 0.1) is 30.9 Å². The van der Waals surface area contributed by atoms with Crippen molar-refractivity contribution in [1.29, 1.82) is 0 Å². The Morgan fingerprint density at radius 3 is 2.77 bits per heavy atom. The zero-order valence-corrected chi connectivity index (χ0v) is 16.9. The summed E-state index contributed by atoms with van der Waals surface area (Å²) in [5, 5.41) is 14.5. The van der Waals surface area contributed by atoms with Gasteiger partial charge in [0.1, 0.15) is 5.82 Å². The van der Waals surface area contributed by atoms with Gasteiger partial charge in [0.25, 0.3) is 0 Å². The van der Waals surface area contributed by atoms with Crippen LogP contribution in [-0.2, 0) is 11.2 Å². The Kier molecular flexibility index (Phi) is 5.46. The molecule has 0 aliphatic carbocycles. The number of nitrogens with one attached hydrogen (secondary N) is 1. The van der Waals surface area contributed by atoms with Gasteiger partial charge in [-0.2, -0.15) is 4.98 Å². The van der Waals surface area contributed by atoms with Crippen LogP contribution >= 0.6 is 0 Å². The van der Waals surface area contributed by atoms with Crippen LogP contribution in [0, 0.1) is 5.92 Å². The van der Waals surface area contributed by atoms with E-state index in [1.165, 1.54) is 10.9 Å². The van der Waals surface area contributed by atoms with Gasteiger partial charge in [0.2, 0.25) is 5.95 Å². The maximum absolute atomic E-state index is 9.74. The highest BCUT2D eigenvalue weighted by Gasteiger charge is 2.29. The van der Waals surface area contributed by atoms with Gasteiger partial charge in [-0.25, -0.2) is 4.98 Å². The van der Waals surface area contributed by atoms with Gasteiger partial charge in [-0.1, -0.05) is 18.2 Å². The van der Waals surface area contributed by atoms with E-state index in [0.717, 1.165) is 50.3 Å². The number of nitrogens with zero attached hydrogens (tertiary/aromatic N) is 4. The van der Waals surface area contributed by atoms with Crippen molar-refractivity contribution in [3.63, 3.8) is 0 Å². The Bertz CT molecular complexity index is 1000. The van der Waals surface area contributed by atoms with Crippen LogP contribution in [0.4, 0.5) is 11.8 Å². The second-order valence-electron chi connectivity index (χ2n) is 8.20. The van der Waals surface area contributed by atoms with Gasteiger partial charge >= 0.3 is 0 Å². The molecular formula is C23H27N5O2. The minimum Gasteiger partial charge on any atom is -0.393 e. The second-order valence-corrected chi connectivity index (χ2v) is 8.20. The van der Waals surface area contributed by atoms with Crippen molar-refractivity contribution in [2.24, 2.45) is 5.92 Å². The van der Waals surface area contributed by atoms with E-state index >= 15 is 0 Å². The molecule has 0 spiro atoms. The van der Waals surface area contributed by atoms with Crippen molar-refractivity contribution in [3.8, 4) is 0 Å². The average Bonchev–Trinajstić information content (AvgIpc) is 3.21. The SMILES string of the molecule is OC1CCN(c2ccnc(N[C@H]3COC[C@H]3Cc3ccnc4ccccc34)n2)CC1. The lowest BCUT2D eigenvalue weighted by atomic mass is 9.93. The molecule has 3 aromatic rings. The van der Waals surface area contributed by atoms with Gasteiger partial charge < -0.3 is 20.1 Å². The number of aliphatic hydroxyl groups is 1. The topological polar surface area (TPSA) is 83.4 Å². The summed E-state index contributed by atoms with van der Waals surface area (Å²) in [6.07, 6.45) is 5.98. The number of aliphatic hydroxyl groups excluding tert-OH is 1. The summed E-state index contributed by atoms with van der Waals surface area (Å²) >= 11 is 0. The number of anilines is 2. The highest BCUT2D eigenvalue weighted by atomic mass is 16.5. The largest absolute Gasteiger partial charge is 0.393 e. The monoisotopic (exact) mass is 405 g/mol. The minimum atomic E-state index is -0.193. The molecule has 0 radical (unpaired) electrons. The maximum atomic E-state index is 9.74. The van der Waals surface area contributed by atoms with Crippen LogP contribution in [0.15, 0.2) is 48.8 Å². The molecular weight excluding hydrogens is 378 g/mol. The van der Waals surface area contributed by atoms with Gasteiger partial charge in [0.15, 0.2) is 0 Å². The Labute approximate surface area is 176 Å². The smallest absolute Gasteiger partial charge is 0.224 e. The summed E-state index contributed by atoms with van der Waals surface area (Å²) in [7, 11) is 0. The highest BCUT2D eigenvalue weighted by Crippen LogP contribution is 2.26. The molecule has 0 unspecified atom stereocenters. The van der Waals surface area contributed by atoms with Gasteiger partial charge in [-0.3, -0.25) is 4.98 Å². The molecule has 2 saturated heterocycles. The Balaban J connectivity index is 1.29. The highest BCUT2D eigenvalue weighted by molar-refractivity contribution is 5.81. The fourth-order valence-corrected chi connectivity index (χ4v) is 4.43. The maximum Gasteiger partial charge on any atom is 0.224 e. The number of hydrogen-bond acceptors (Lipinski definition) is 7. The Morgan fingerprint density at radius 2 is 1.87 bits per heavy atom. The van der Waals surface area contributed by atoms with E-state index in [2.05, 4.69) is 44.5 Å². The number of aromatic nitrogens is 3. The third kappa shape index (κ3) is 4.08. The zero-order valence-electron chi connectivity index (χ0n) is 16.9. The number of pyridine rings is 1. The minimum absolute atomic E-state index is 0.162. The molecule has 2 atom stereocenters. The molecule has 0 bridgehead atoms. The molecule has 7 heteroatoms. The molecule has 2 N–H and O–H groups in total. The number of rotatable bonds is 5. The zero-order chi connectivity index (χ0) is 20.3. The van der Waals surface area contributed by atoms with E-state index in [-0.39, 0.29) is 12.1 Å². The predicted octanol–water partition coefficient (Wildman–Crippen LogP) is 2.66. The van der Waals surface area contributed by atoms with E-state index in [1.807, 2.05) is 18.3 Å². The Hall–Kier alpha value is -2.77. The molecule has 2 aliphatic heterocycles. The van der Waals surface area contributed by atoms with Crippen molar-refractivity contribution >= 4 is 22.7 Å². The first kappa shape index (κ1) is 19.2. The fourth-order valence-electron chi connectivity index (χ4n) is 4.43. The average molecular weight is 406 g/mol. The van der Waals surface area contributed by atoms with Crippen LogP contribution in [0.25, 0.3) is 10.9 Å². The van der Waals surface area contributed by atoms with Crippen LogP contribution in [0.2, 0.25) is 0 Å². The van der Waals surface area contributed by atoms with E-state index in [9.17, 15) is 5.11 Å². The molecule has 30 heavy (non-hydrogen) atoms. The number of benzene rings is 1. The lowest BCUT2D eigenvalue weighted by Gasteiger charge is -2.30. The molecule has 0 amide bonds. The summed E-state index contributed by atoms with van der Waals surface area (Å²) in [5.74, 6) is 1.89. The fraction of sp³-hybridized carbons (Fsp3) is 0.435. The molecule has 2 aromatic heterocycles. The molecule has 2 aliphatic rings. The normalized spacial score (nSPS) is 22.5. The molecule has 5 rings (SSSR count). The van der Waals surface area contributed by atoms with Crippen LogP contribution in [-0.4, -0.2) is 58.5 Å². The number of hydrogen-bond donors (Lipinski definition) is 2. The number of ether oxygens (including phenoxy) is 1. The predicted molar refractivity (Wildman–Crippen MR) is 117 cm³/mol. The summed E-state index contributed by atoms with van der Waals surface area (Å²) in [4.78, 5) is 15.9. The summed E-state index contributed by atoms with van der Waals surface area (Å²) in [6, 6.07) is 12.5. The third-order valence-corrected chi connectivity index (χ3v) is 6.16. The number of piperidine rings is 1. The molecule has 7 nitrogen and oxygen atoms in total. The quantitative estimate of drug-likeness (QED) is 0.675. The van der Waals surface area contributed by atoms with E-state index in [1.54, 1.807) is 6.20 Å². The molecule has 4 heterocycles. The van der Waals surface area contributed by atoms with Crippen LogP contribution in [0.1, 0.15) is 18.4 Å². The summed E-state index contributed by atoms with van der Waals surface area (Å²) in [6.45, 7) is 3.01. The first-order valence-electron chi connectivity index (χ1n) is 10.7. The lowest BCUT2D eigenvalue weighted by molar-refractivity contribution is 0.145. The van der Waals surface area contributed by atoms with Crippen molar-refractivity contribution in [1.82, 2.24) is 15.0 Å². The Morgan fingerprint density at radius 1 is 1.03 bits per heavy atom. The van der Waals surface area contributed by atoms with Gasteiger partial charge in [-0.05, 0) is 43.0 Å². The van der Waals surface area contributed by atoms with Crippen molar-refractivity contribution in [2.45, 2.75) is 31.4 Å². The van der Waals surface area contributed by atoms with Gasteiger partial charge in [0, 0.05) is 36.8 Å². The summed E-state index contributed by atoms with van der Waals surface area (Å²) in [5.41, 5.74) is 2.32. The second kappa shape index (κ2) is 8.53. The summed E-state index contributed by atoms with van der Waals surface area (Å²) < 4.78 is 5.81. The number of para-hydroxylation sites is 1. The standard InChI is InChI=1S/C23H27N5O2/c29-18-7-11-28(12-8-18)22-6-10-25-23(27-22)26-21-15-30-14-17(21)13-16-5-9-24-20-4-2-1-3-19(16)20/h1-6,9-10,17-18,21,29H,7-8,11-15H2,(H,25,26,27)/t17-,21+/m1/s1. The first-order chi connectivity index (χ1) is 14.8. The lowest BCUT2D eigenvalue weighted by Crippen LogP contribution is -2.36. The number of fused-ring (bicyclic) bond motifs is 1. The van der Waals surface area contributed by atoms with Gasteiger partial charge in [-0.15, -0.1) is 0 Å². The van der Waals surface area contributed by atoms with E-state index < -0.39 is 0 Å². The van der Waals surface area contributed by atoms with Crippen LogP contribution in [0.5, 0.6) is 0 Å². The van der Waals surface area contributed by atoms with Crippen molar-refractivity contribution in [2.75, 3.05) is 36.5 Å². The van der Waals surface area contributed by atoms with Crippen molar-refractivity contribution in [3.05, 3.63) is 54.4 Å². The third-order valence-electron chi connectivity index (χ3n) is 6.16. The molecule has 1 aromatic carbocycles. The van der Waals surface area contributed by atoms with E-state index in [0.29, 0.717) is 18.5 Å². The molecule has 156 valence electrons. The first-order valence-corrected chi connectivity index (χ1v) is 10.7. The molecule has 2 fully saturated rings. The molecule has 0 saturated carbocycles. The van der Waals surface area contributed by atoms with E-state index in [4.69, 9.17) is 9.72 Å².